The van der Waals surface area contributed by atoms with Gasteiger partial charge in [0.15, 0.2) is 11.6 Å². The van der Waals surface area contributed by atoms with Crippen molar-refractivity contribution < 1.29 is 23.1 Å². The fourth-order valence-electron chi connectivity index (χ4n) is 0.686. The lowest BCUT2D eigenvalue weighted by atomic mass is 10.2. The van der Waals surface area contributed by atoms with Crippen LogP contribution in [-0.2, 0) is 0 Å². The molecule has 0 saturated heterocycles. The molecule has 0 saturated carbocycles. The van der Waals surface area contributed by atoms with Crippen molar-refractivity contribution in [3.8, 4) is 0 Å². The summed E-state index contributed by atoms with van der Waals surface area (Å²) in [5.41, 5.74) is -0.881. The molecule has 0 amide bonds. The van der Waals surface area contributed by atoms with Gasteiger partial charge >= 0.3 is 5.97 Å². The maximum atomic E-state index is 12.5. The number of aromatic carboxylic acids is 1. The summed E-state index contributed by atoms with van der Waals surface area (Å²) in [5, 5.41) is 8.25. The van der Waals surface area contributed by atoms with E-state index >= 15 is 0 Å². The number of hydrogen-bond donors (Lipinski definition) is 1. The van der Waals surface area contributed by atoms with Crippen molar-refractivity contribution in [1.82, 2.24) is 0 Å². The Morgan fingerprint density at radius 2 is 1.54 bits per heavy atom. The average molecular weight is 213 g/mol. The topological polar surface area (TPSA) is 37.3 Å². The van der Waals surface area contributed by atoms with E-state index in [4.69, 9.17) is 5.11 Å². The fourth-order valence-corrected chi connectivity index (χ4v) is 0.686. The normalized spacial score (nSPS) is 9.15. The van der Waals surface area contributed by atoms with Crippen LogP contribution in [0.25, 0.3) is 0 Å². The summed E-state index contributed by atoms with van der Waals surface area (Å²) >= 11 is 0. The van der Waals surface area contributed by atoms with Gasteiger partial charge in [0.2, 0.25) is 0 Å². The van der Waals surface area contributed by atoms with E-state index in [1.54, 1.807) is 0 Å². The molecule has 0 heterocycles. The van der Waals surface area contributed by atoms with E-state index in [1.165, 1.54) is 0 Å². The summed E-state index contributed by atoms with van der Waals surface area (Å²) in [4.78, 5) is 10.2. The molecule has 0 unspecified atom stereocenters. The quantitative estimate of drug-likeness (QED) is 0.725. The Morgan fingerprint density at radius 3 is 2.00 bits per heavy atom. The van der Waals surface area contributed by atoms with E-state index in [2.05, 4.69) is 0 Å². The Hall–Kier alpha value is -1.23. The number of carboxylic acids is 1. The summed E-state index contributed by atoms with van der Waals surface area (Å²) in [6, 6.07) is 0.492. The maximum Gasteiger partial charge on any atom is 0.338 e. The molecule has 1 aromatic carbocycles. The molecule has 2 nitrogen and oxygen atoms in total. The number of hydrogen-bond acceptors (Lipinski definition) is 1. The van der Waals surface area contributed by atoms with Crippen LogP contribution in [0.1, 0.15) is 10.4 Å². The molecule has 72 valence electrons. The maximum absolute atomic E-state index is 12.5. The third kappa shape index (κ3) is 2.35. The van der Waals surface area contributed by atoms with E-state index in [0.717, 1.165) is 0 Å². The Kier molecular flexibility index (Phi) is 3.74. The monoisotopic (exact) mass is 212 g/mol. The second-order valence-corrected chi connectivity index (χ2v) is 2.05. The van der Waals surface area contributed by atoms with Gasteiger partial charge in [-0.1, -0.05) is 0 Å². The zero-order chi connectivity index (χ0) is 9.30. The molecule has 0 aromatic heterocycles. The van der Waals surface area contributed by atoms with Crippen molar-refractivity contribution in [3.05, 3.63) is 35.1 Å². The lowest BCUT2D eigenvalue weighted by molar-refractivity contribution is 0.0691. The zero-order valence-corrected chi connectivity index (χ0v) is 6.87. The largest absolute Gasteiger partial charge is 0.478 e. The smallest absolute Gasteiger partial charge is 0.338 e. The van der Waals surface area contributed by atoms with Crippen molar-refractivity contribution in [2.45, 2.75) is 0 Å². The van der Waals surface area contributed by atoms with Gasteiger partial charge in [-0.05, 0) is 6.07 Å². The van der Waals surface area contributed by atoms with Gasteiger partial charge in [0.1, 0.15) is 5.82 Å². The number of carbonyl (C=O) groups is 1. The van der Waals surface area contributed by atoms with Gasteiger partial charge < -0.3 is 5.11 Å². The van der Waals surface area contributed by atoms with E-state index in [9.17, 15) is 18.0 Å². The van der Waals surface area contributed by atoms with Crippen LogP contribution >= 0.6 is 12.4 Å². The molecule has 6 heteroatoms. The average Bonchev–Trinajstić information content (AvgIpc) is 1.96. The standard InChI is InChI=1S/C7H3F3O2.ClH/c8-4-2-6(10)5(9)1-3(4)7(11)12;/h1-2H,(H,11,12);1H. The number of rotatable bonds is 1. The van der Waals surface area contributed by atoms with Crippen molar-refractivity contribution in [2.24, 2.45) is 0 Å². The Morgan fingerprint density at radius 1 is 1.08 bits per heavy atom. The minimum absolute atomic E-state index is 0. The van der Waals surface area contributed by atoms with Crippen LogP contribution in [0.2, 0.25) is 0 Å². The van der Waals surface area contributed by atoms with Crippen LogP contribution in [0.4, 0.5) is 13.2 Å². The van der Waals surface area contributed by atoms with Gasteiger partial charge in [-0.2, -0.15) is 0 Å². The predicted octanol–water partition coefficient (Wildman–Crippen LogP) is 2.22. The SMILES string of the molecule is Cl.O=C(O)c1cc(F)c(F)cc1F. The highest BCUT2D eigenvalue weighted by molar-refractivity contribution is 5.87. The first kappa shape index (κ1) is 11.8. The highest BCUT2D eigenvalue weighted by atomic mass is 35.5. The molecule has 0 bridgehead atoms. The van der Waals surface area contributed by atoms with Crippen LogP contribution in [0.3, 0.4) is 0 Å². The molecule has 0 atom stereocenters. The molecular weight excluding hydrogens is 209 g/mol. The molecule has 0 radical (unpaired) electrons. The molecule has 0 aliphatic carbocycles. The highest BCUT2D eigenvalue weighted by Crippen LogP contribution is 2.13. The molecular formula is C7H4ClF3O2. The molecule has 0 aliphatic heterocycles. The van der Waals surface area contributed by atoms with Crippen molar-refractivity contribution >= 4 is 18.4 Å². The number of benzene rings is 1. The third-order valence-corrected chi connectivity index (χ3v) is 1.24. The molecule has 1 aromatic rings. The summed E-state index contributed by atoms with van der Waals surface area (Å²) in [6.45, 7) is 0. The van der Waals surface area contributed by atoms with Gasteiger partial charge in [0.05, 0.1) is 5.56 Å². The molecule has 13 heavy (non-hydrogen) atoms. The highest BCUT2D eigenvalue weighted by Gasteiger charge is 2.14. The molecule has 1 rings (SSSR count). The summed E-state index contributed by atoms with van der Waals surface area (Å²) in [7, 11) is 0. The van der Waals surface area contributed by atoms with Crippen molar-refractivity contribution in [2.75, 3.05) is 0 Å². The van der Waals surface area contributed by atoms with Crippen LogP contribution in [-0.4, -0.2) is 11.1 Å². The second kappa shape index (κ2) is 4.13. The summed E-state index contributed by atoms with van der Waals surface area (Å²) in [5.74, 6) is -5.71. The van der Waals surface area contributed by atoms with Crippen LogP contribution < -0.4 is 0 Å². The van der Waals surface area contributed by atoms with Crippen molar-refractivity contribution in [1.29, 1.82) is 0 Å². The zero-order valence-electron chi connectivity index (χ0n) is 6.05. The number of carboxylic acid groups (broad SMARTS) is 1. The lowest BCUT2D eigenvalue weighted by Crippen LogP contribution is -2.02. The van der Waals surface area contributed by atoms with Crippen LogP contribution in [0.15, 0.2) is 12.1 Å². The molecule has 1 N–H and O–H groups in total. The molecule has 0 spiro atoms. The van der Waals surface area contributed by atoms with Crippen LogP contribution in [0, 0.1) is 17.5 Å². The summed E-state index contributed by atoms with van der Waals surface area (Å²) < 4.78 is 37.0. The van der Waals surface area contributed by atoms with E-state index in [1.807, 2.05) is 0 Å². The predicted molar refractivity (Wildman–Crippen MR) is 40.5 cm³/mol. The Labute approximate surface area is 77.4 Å². The first-order chi connectivity index (χ1) is 5.52. The molecule has 0 fully saturated rings. The fraction of sp³-hybridized carbons (Fsp3) is 0. The van der Waals surface area contributed by atoms with Gasteiger partial charge in [-0.3, -0.25) is 0 Å². The van der Waals surface area contributed by atoms with Gasteiger partial charge in [-0.15, -0.1) is 12.4 Å². The number of halogens is 4. The third-order valence-electron chi connectivity index (χ3n) is 1.24. The van der Waals surface area contributed by atoms with Gasteiger partial charge in [-0.25, -0.2) is 18.0 Å². The van der Waals surface area contributed by atoms with E-state index in [0.29, 0.717) is 6.07 Å². The van der Waals surface area contributed by atoms with Gasteiger partial charge in [0, 0.05) is 6.07 Å². The second-order valence-electron chi connectivity index (χ2n) is 2.05. The lowest BCUT2D eigenvalue weighted by Gasteiger charge is -1.97. The van der Waals surface area contributed by atoms with E-state index in [-0.39, 0.29) is 18.5 Å². The first-order valence-corrected chi connectivity index (χ1v) is 2.90. The van der Waals surface area contributed by atoms with Crippen molar-refractivity contribution in [3.63, 3.8) is 0 Å². The Bertz CT molecular complexity index is 341. The van der Waals surface area contributed by atoms with Gasteiger partial charge in [0.25, 0.3) is 0 Å². The van der Waals surface area contributed by atoms with E-state index < -0.39 is 29.0 Å². The first-order valence-electron chi connectivity index (χ1n) is 2.90. The minimum Gasteiger partial charge on any atom is -0.478 e. The summed E-state index contributed by atoms with van der Waals surface area (Å²) in [6.07, 6.45) is 0. The van der Waals surface area contributed by atoms with Crippen LogP contribution in [0.5, 0.6) is 0 Å². The minimum atomic E-state index is -1.63. The Balaban J connectivity index is 0.00000144. The molecule has 0 aliphatic rings.